The van der Waals surface area contributed by atoms with E-state index in [1.54, 1.807) is 18.2 Å². The van der Waals surface area contributed by atoms with E-state index in [2.05, 4.69) is 10.1 Å². The van der Waals surface area contributed by atoms with E-state index < -0.39 is 18.4 Å². The van der Waals surface area contributed by atoms with Gasteiger partial charge in [0.25, 0.3) is 5.91 Å². The molecule has 160 valence electrons. The van der Waals surface area contributed by atoms with E-state index >= 15 is 0 Å². The number of rotatable bonds is 10. The van der Waals surface area contributed by atoms with Crippen molar-refractivity contribution in [3.05, 3.63) is 48.0 Å². The number of nitrogens with two attached hydrogens (primary N) is 1. The maximum Gasteiger partial charge on any atom is 0.387 e. The highest BCUT2D eigenvalue weighted by Crippen LogP contribution is 2.31. The Morgan fingerprint density at radius 2 is 1.73 bits per heavy atom. The number of hydrogen-bond donors (Lipinski definition) is 2. The van der Waals surface area contributed by atoms with Gasteiger partial charge in [-0.3, -0.25) is 9.59 Å². The average molecular weight is 422 g/mol. The predicted molar refractivity (Wildman–Crippen MR) is 105 cm³/mol. The number of hydrogen-bond acceptors (Lipinski definition) is 6. The van der Waals surface area contributed by atoms with Gasteiger partial charge in [0, 0.05) is 17.8 Å². The van der Waals surface area contributed by atoms with Crippen LogP contribution in [0.15, 0.2) is 42.5 Å². The molecule has 0 bridgehead atoms. The van der Waals surface area contributed by atoms with Crippen LogP contribution in [-0.2, 0) is 9.59 Å². The van der Waals surface area contributed by atoms with Gasteiger partial charge in [-0.1, -0.05) is 6.07 Å². The minimum absolute atomic E-state index is 0.106. The van der Waals surface area contributed by atoms with Gasteiger partial charge in [0.1, 0.15) is 0 Å². The van der Waals surface area contributed by atoms with Crippen LogP contribution in [-0.4, -0.2) is 39.3 Å². The second-order valence-corrected chi connectivity index (χ2v) is 5.73. The molecule has 0 radical (unpaired) electrons. The predicted octanol–water partition coefficient (Wildman–Crippen LogP) is 2.82. The number of carbonyl (C=O) groups excluding carboxylic acids is 2. The molecule has 2 aromatic rings. The fraction of sp³-hybridized carbons (Fsp3) is 0.200. The molecule has 0 saturated carbocycles. The second kappa shape index (κ2) is 10.6. The van der Waals surface area contributed by atoms with Crippen LogP contribution >= 0.6 is 0 Å². The third kappa shape index (κ3) is 6.66. The minimum Gasteiger partial charge on any atom is -0.493 e. The van der Waals surface area contributed by atoms with Gasteiger partial charge in [0.05, 0.1) is 14.2 Å². The Labute approximate surface area is 171 Å². The van der Waals surface area contributed by atoms with Crippen LogP contribution in [0.2, 0.25) is 0 Å². The summed E-state index contributed by atoms with van der Waals surface area (Å²) in [6.45, 7) is -3.33. The Kier molecular flexibility index (Phi) is 7.98. The summed E-state index contributed by atoms with van der Waals surface area (Å²) in [5.41, 5.74) is 5.90. The number of alkyl halides is 2. The largest absolute Gasteiger partial charge is 0.493 e. The van der Waals surface area contributed by atoms with Crippen molar-refractivity contribution in [3.8, 4) is 23.0 Å². The van der Waals surface area contributed by atoms with Crippen LogP contribution in [0.4, 0.5) is 14.5 Å². The maximum absolute atomic E-state index is 12.5. The molecule has 2 aromatic carbocycles. The molecular weight excluding hydrogens is 402 g/mol. The lowest BCUT2D eigenvalue weighted by atomic mass is 10.2. The number of ether oxygens (including phenoxy) is 4. The molecule has 2 rings (SSSR count). The van der Waals surface area contributed by atoms with E-state index in [9.17, 15) is 18.4 Å². The van der Waals surface area contributed by atoms with Crippen LogP contribution in [0, 0.1) is 0 Å². The molecule has 30 heavy (non-hydrogen) atoms. The summed E-state index contributed by atoms with van der Waals surface area (Å²) < 4.78 is 44.7. The molecule has 0 aromatic heterocycles. The zero-order valence-corrected chi connectivity index (χ0v) is 16.2. The number of methoxy groups -OCH3 is 2. The molecule has 3 N–H and O–H groups in total. The van der Waals surface area contributed by atoms with Gasteiger partial charge in [0.2, 0.25) is 5.91 Å². The van der Waals surface area contributed by atoms with E-state index in [4.69, 9.17) is 19.9 Å². The third-order valence-corrected chi connectivity index (χ3v) is 3.63. The fourth-order valence-electron chi connectivity index (χ4n) is 2.35. The fourth-order valence-corrected chi connectivity index (χ4v) is 2.35. The lowest BCUT2D eigenvalue weighted by molar-refractivity contribution is -0.120. The van der Waals surface area contributed by atoms with Crippen LogP contribution in [0.25, 0.3) is 6.08 Å². The molecule has 0 fully saturated rings. The third-order valence-electron chi connectivity index (χ3n) is 3.63. The lowest BCUT2D eigenvalue weighted by Gasteiger charge is -2.11. The normalized spacial score (nSPS) is 10.7. The number of carbonyl (C=O) groups is 2. The minimum atomic E-state index is -3.03. The first kappa shape index (κ1) is 22.5. The summed E-state index contributed by atoms with van der Waals surface area (Å²) in [5, 5.41) is 2.54. The highest BCUT2D eigenvalue weighted by atomic mass is 19.3. The quantitative estimate of drug-likeness (QED) is 0.570. The van der Waals surface area contributed by atoms with Gasteiger partial charge in [-0.2, -0.15) is 8.78 Å². The summed E-state index contributed by atoms with van der Waals surface area (Å²) in [6.07, 6.45) is 2.76. The second-order valence-electron chi connectivity index (χ2n) is 5.73. The van der Waals surface area contributed by atoms with Crippen molar-refractivity contribution in [2.24, 2.45) is 5.73 Å². The smallest absolute Gasteiger partial charge is 0.387 e. The molecule has 0 saturated heterocycles. The first-order valence-corrected chi connectivity index (χ1v) is 8.53. The SMILES string of the molecule is COc1cc(/C=C/C(=O)Nc2ccc(OC)c(OC(F)F)c2)ccc1OCC(N)=O. The molecule has 0 atom stereocenters. The van der Waals surface area contributed by atoms with Crippen molar-refractivity contribution in [3.63, 3.8) is 0 Å². The Hall–Kier alpha value is -3.82. The van der Waals surface area contributed by atoms with Gasteiger partial charge in [-0.25, -0.2) is 0 Å². The van der Waals surface area contributed by atoms with E-state index in [-0.39, 0.29) is 23.8 Å². The van der Waals surface area contributed by atoms with E-state index in [0.717, 1.165) is 0 Å². The number of benzene rings is 2. The van der Waals surface area contributed by atoms with Gasteiger partial charge in [-0.05, 0) is 35.9 Å². The molecule has 0 aliphatic carbocycles. The monoisotopic (exact) mass is 422 g/mol. The molecule has 10 heteroatoms. The number of anilines is 1. The van der Waals surface area contributed by atoms with Crippen LogP contribution in [0.3, 0.4) is 0 Å². The van der Waals surface area contributed by atoms with Crippen LogP contribution in [0.5, 0.6) is 23.0 Å². The molecule has 0 spiro atoms. The standard InChI is InChI=1S/C20H20F2N2O6/c1-27-14-7-5-13(10-17(14)30-20(21)22)24-19(26)8-4-12-3-6-15(16(9-12)28-2)29-11-18(23)25/h3-10,20H,11H2,1-2H3,(H2,23,25)(H,24,26)/b8-4+. The van der Waals surface area contributed by atoms with Crippen molar-refractivity contribution in [2.75, 3.05) is 26.1 Å². The van der Waals surface area contributed by atoms with Crippen molar-refractivity contribution < 1.29 is 37.3 Å². The first-order valence-electron chi connectivity index (χ1n) is 8.53. The molecule has 0 aliphatic rings. The van der Waals surface area contributed by atoms with Gasteiger partial charge in [0.15, 0.2) is 29.6 Å². The molecule has 0 heterocycles. The lowest BCUT2D eigenvalue weighted by Crippen LogP contribution is -2.20. The summed E-state index contributed by atoms with van der Waals surface area (Å²) in [7, 11) is 2.74. The first-order chi connectivity index (χ1) is 14.3. The number of amides is 2. The highest BCUT2D eigenvalue weighted by molar-refractivity contribution is 6.02. The molecule has 8 nitrogen and oxygen atoms in total. The van der Waals surface area contributed by atoms with E-state index in [1.165, 1.54) is 44.6 Å². The molecule has 0 aliphatic heterocycles. The summed E-state index contributed by atoms with van der Waals surface area (Å²) in [6, 6.07) is 8.91. The van der Waals surface area contributed by atoms with E-state index in [1.807, 2.05) is 0 Å². The highest BCUT2D eigenvalue weighted by Gasteiger charge is 2.12. The number of primary amides is 1. The zero-order chi connectivity index (χ0) is 22.1. The van der Waals surface area contributed by atoms with Crippen molar-refractivity contribution in [2.45, 2.75) is 6.61 Å². The van der Waals surface area contributed by atoms with Crippen molar-refractivity contribution in [1.82, 2.24) is 0 Å². The van der Waals surface area contributed by atoms with E-state index in [0.29, 0.717) is 17.1 Å². The Morgan fingerprint density at radius 1 is 1.03 bits per heavy atom. The summed E-state index contributed by atoms with van der Waals surface area (Å²) in [4.78, 5) is 23.0. The maximum atomic E-state index is 12.5. The number of nitrogens with one attached hydrogen (secondary N) is 1. The van der Waals surface area contributed by atoms with Gasteiger partial charge < -0.3 is 30.0 Å². The molecule has 0 unspecified atom stereocenters. The Bertz CT molecular complexity index is 934. The summed E-state index contributed by atoms with van der Waals surface area (Å²) in [5.74, 6) is -0.555. The summed E-state index contributed by atoms with van der Waals surface area (Å²) >= 11 is 0. The topological polar surface area (TPSA) is 109 Å². The van der Waals surface area contributed by atoms with Gasteiger partial charge >= 0.3 is 6.61 Å². The van der Waals surface area contributed by atoms with Gasteiger partial charge in [-0.15, -0.1) is 0 Å². The number of halogens is 2. The molecular formula is C20H20F2N2O6. The molecule has 2 amide bonds. The zero-order valence-electron chi connectivity index (χ0n) is 16.2. The van der Waals surface area contributed by atoms with Crippen molar-refractivity contribution >= 4 is 23.6 Å². The van der Waals surface area contributed by atoms with Crippen LogP contribution in [0.1, 0.15) is 5.56 Å². The average Bonchev–Trinajstić information content (AvgIpc) is 2.70. The Balaban J connectivity index is 2.08. The Morgan fingerprint density at radius 3 is 2.37 bits per heavy atom. The van der Waals surface area contributed by atoms with Crippen molar-refractivity contribution in [1.29, 1.82) is 0 Å². The van der Waals surface area contributed by atoms with Crippen LogP contribution < -0.4 is 30.0 Å².